The first-order valence-corrected chi connectivity index (χ1v) is 10.0. The summed E-state index contributed by atoms with van der Waals surface area (Å²) in [5, 5.41) is 0.451. The Balaban J connectivity index is 2.01. The van der Waals surface area contributed by atoms with Crippen molar-refractivity contribution in [3.8, 4) is 0 Å². The van der Waals surface area contributed by atoms with Crippen LogP contribution < -0.4 is 4.90 Å². The number of amides is 1. The number of rotatable bonds is 2. The van der Waals surface area contributed by atoms with Gasteiger partial charge < -0.3 is 4.90 Å². The van der Waals surface area contributed by atoms with E-state index < -0.39 is 15.7 Å². The molecule has 22 heavy (non-hydrogen) atoms. The summed E-state index contributed by atoms with van der Waals surface area (Å²) in [6.07, 6.45) is 0. The molecule has 0 aromatic heterocycles. The van der Waals surface area contributed by atoms with Gasteiger partial charge in [0, 0.05) is 10.9 Å². The van der Waals surface area contributed by atoms with Crippen molar-refractivity contribution in [3.63, 3.8) is 0 Å². The summed E-state index contributed by atoms with van der Waals surface area (Å²) >= 11 is 6.88. The van der Waals surface area contributed by atoms with Crippen LogP contribution in [0.15, 0.2) is 29.3 Å². The summed E-state index contributed by atoms with van der Waals surface area (Å²) < 4.78 is 23.8. The number of hydrogen-bond acceptors (Lipinski definition) is 4. The monoisotopic (exact) mass is 358 g/mol. The maximum atomic E-state index is 11.9. The molecule has 0 radical (unpaired) electrons. The Bertz CT molecular complexity index is 731. The van der Waals surface area contributed by atoms with E-state index in [1.54, 1.807) is 0 Å². The summed E-state index contributed by atoms with van der Waals surface area (Å²) in [6, 6.07) is 7.57. The summed E-state index contributed by atoms with van der Waals surface area (Å²) in [5.74, 6) is -0.380. The molecule has 0 N–H and O–H groups in total. The highest BCUT2D eigenvalue weighted by molar-refractivity contribution is 8.16. The van der Waals surface area contributed by atoms with E-state index in [4.69, 9.17) is 11.6 Å². The van der Waals surface area contributed by atoms with Crippen LogP contribution in [0.3, 0.4) is 0 Å². The van der Waals surface area contributed by atoms with Gasteiger partial charge in [-0.3, -0.25) is 4.79 Å². The lowest BCUT2D eigenvalue weighted by atomic mass is 10.1. The Kier molecular flexibility index (Phi) is 4.22. The number of amidine groups is 1. The molecular formula is C14H15ClN2O3S2. The van der Waals surface area contributed by atoms with Crippen LogP contribution in [-0.2, 0) is 14.6 Å². The first-order chi connectivity index (χ1) is 10.4. The number of aliphatic imine (C=N–C) groups is 1. The first-order valence-electron chi connectivity index (χ1n) is 6.80. The van der Waals surface area contributed by atoms with E-state index in [9.17, 15) is 13.2 Å². The zero-order valence-corrected chi connectivity index (χ0v) is 14.3. The Hall–Kier alpha value is -1.05. The molecule has 0 aliphatic carbocycles. The molecule has 3 rings (SSSR count). The van der Waals surface area contributed by atoms with Crippen molar-refractivity contribution in [1.29, 1.82) is 0 Å². The minimum absolute atomic E-state index is 0.0896. The summed E-state index contributed by atoms with van der Waals surface area (Å²) in [5.41, 5.74) is 1.96. The van der Waals surface area contributed by atoms with Crippen molar-refractivity contribution >= 4 is 50.0 Å². The van der Waals surface area contributed by atoms with Crippen molar-refractivity contribution in [3.05, 3.63) is 29.8 Å². The SMILES string of the molecule is Cc1ccc(N2C(=NC(=O)CCl)S[C@@H]3CS(=O)(=O)C[C@@H]32)cc1. The Labute approximate surface area is 138 Å². The van der Waals surface area contributed by atoms with Gasteiger partial charge in [-0.15, -0.1) is 11.6 Å². The highest BCUT2D eigenvalue weighted by Crippen LogP contribution is 2.40. The number of anilines is 1. The van der Waals surface area contributed by atoms with E-state index in [1.807, 2.05) is 36.1 Å². The molecule has 8 heteroatoms. The lowest BCUT2D eigenvalue weighted by Gasteiger charge is -2.24. The zero-order chi connectivity index (χ0) is 15.9. The summed E-state index contributed by atoms with van der Waals surface area (Å²) in [6.45, 7) is 1.98. The van der Waals surface area contributed by atoms with Crippen LogP contribution in [-0.4, -0.2) is 48.2 Å². The van der Waals surface area contributed by atoms with E-state index in [2.05, 4.69) is 4.99 Å². The van der Waals surface area contributed by atoms with Gasteiger partial charge in [0.15, 0.2) is 15.0 Å². The van der Waals surface area contributed by atoms with Gasteiger partial charge in [-0.1, -0.05) is 29.5 Å². The molecule has 2 saturated heterocycles. The average Bonchev–Trinajstić information content (AvgIpc) is 2.91. The van der Waals surface area contributed by atoms with Gasteiger partial charge in [0.1, 0.15) is 5.88 Å². The van der Waals surface area contributed by atoms with Gasteiger partial charge in [-0.2, -0.15) is 4.99 Å². The maximum absolute atomic E-state index is 11.9. The highest BCUT2D eigenvalue weighted by atomic mass is 35.5. The normalized spacial score (nSPS) is 28.1. The maximum Gasteiger partial charge on any atom is 0.262 e. The van der Waals surface area contributed by atoms with Crippen molar-refractivity contribution in [2.45, 2.75) is 18.2 Å². The second-order valence-electron chi connectivity index (χ2n) is 5.43. The number of halogens is 1. The van der Waals surface area contributed by atoms with Crippen molar-refractivity contribution in [2.75, 3.05) is 22.3 Å². The molecule has 0 bridgehead atoms. The molecule has 2 aliphatic rings. The average molecular weight is 359 g/mol. The number of sulfone groups is 1. The van der Waals surface area contributed by atoms with E-state index in [0.717, 1.165) is 11.3 Å². The second-order valence-corrected chi connectivity index (χ2v) is 9.06. The smallest absolute Gasteiger partial charge is 0.262 e. The molecule has 2 atom stereocenters. The fourth-order valence-electron chi connectivity index (χ4n) is 2.71. The quantitative estimate of drug-likeness (QED) is 0.754. The number of alkyl halides is 1. The Morgan fingerprint density at radius 2 is 2.05 bits per heavy atom. The molecule has 0 spiro atoms. The fraction of sp³-hybridized carbons (Fsp3) is 0.429. The van der Waals surface area contributed by atoms with Crippen LogP contribution in [0.5, 0.6) is 0 Å². The summed E-state index contributed by atoms with van der Waals surface area (Å²) in [4.78, 5) is 17.5. The van der Waals surface area contributed by atoms with Crippen molar-refractivity contribution in [1.82, 2.24) is 0 Å². The number of benzene rings is 1. The molecule has 5 nitrogen and oxygen atoms in total. The van der Waals surface area contributed by atoms with E-state index in [-0.39, 0.29) is 28.7 Å². The predicted octanol–water partition coefficient (Wildman–Crippen LogP) is 1.84. The zero-order valence-electron chi connectivity index (χ0n) is 11.9. The van der Waals surface area contributed by atoms with E-state index in [1.165, 1.54) is 11.8 Å². The minimum Gasteiger partial charge on any atom is -0.316 e. The third-order valence-corrected chi connectivity index (χ3v) is 7.15. The fourth-order valence-corrected chi connectivity index (χ4v) is 6.70. The molecule has 2 fully saturated rings. The van der Waals surface area contributed by atoms with E-state index in [0.29, 0.717) is 5.17 Å². The molecular weight excluding hydrogens is 344 g/mol. The number of hydrogen-bond donors (Lipinski definition) is 0. The Morgan fingerprint density at radius 1 is 1.36 bits per heavy atom. The van der Waals surface area contributed by atoms with Crippen LogP contribution in [0.2, 0.25) is 0 Å². The molecule has 118 valence electrons. The van der Waals surface area contributed by atoms with Crippen LogP contribution in [0.25, 0.3) is 0 Å². The lowest BCUT2D eigenvalue weighted by Crippen LogP contribution is -2.37. The molecule has 2 aliphatic heterocycles. The third kappa shape index (κ3) is 3.02. The van der Waals surface area contributed by atoms with Gasteiger partial charge in [-0.05, 0) is 19.1 Å². The van der Waals surface area contributed by atoms with Gasteiger partial charge in [-0.25, -0.2) is 8.42 Å². The van der Waals surface area contributed by atoms with Crippen molar-refractivity contribution in [2.24, 2.45) is 4.99 Å². The van der Waals surface area contributed by atoms with Gasteiger partial charge in [0.25, 0.3) is 5.91 Å². The van der Waals surface area contributed by atoms with E-state index >= 15 is 0 Å². The number of fused-ring (bicyclic) bond motifs is 1. The van der Waals surface area contributed by atoms with Gasteiger partial charge in [0.2, 0.25) is 0 Å². The van der Waals surface area contributed by atoms with Crippen LogP contribution in [0.1, 0.15) is 5.56 Å². The Morgan fingerprint density at radius 3 is 2.68 bits per heavy atom. The molecule has 2 heterocycles. The lowest BCUT2D eigenvalue weighted by molar-refractivity contribution is -0.115. The number of carbonyl (C=O) groups is 1. The molecule has 1 amide bonds. The third-order valence-electron chi connectivity index (χ3n) is 3.71. The molecule has 1 aromatic rings. The predicted molar refractivity (Wildman–Crippen MR) is 90.6 cm³/mol. The first kappa shape index (κ1) is 15.8. The van der Waals surface area contributed by atoms with Crippen LogP contribution in [0.4, 0.5) is 5.69 Å². The van der Waals surface area contributed by atoms with Crippen molar-refractivity contribution < 1.29 is 13.2 Å². The van der Waals surface area contributed by atoms with Crippen LogP contribution in [0, 0.1) is 6.92 Å². The second kappa shape index (κ2) is 5.86. The molecule has 0 unspecified atom stereocenters. The van der Waals surface area contributed by atoms with Gasteiger partial charge in [0.05, 0.1) is 17.5 Å². The topological polar surface area (TPSA) is 66.8 Å². The largest absolute Gasteiger partial charge is 0.316 e. The van der Waals surface area contributed by atoms with Crippen LogP contribution >= 0.6 is 23.4 Å². The number of aryl methyl sites for hydroxylation is 1. The number of thioether (sulfide) groups is 1. The highest BCUT2D eigenvalue weighted by Gasteiger charge is 2.49. The summed E-state index contributed by atoms with van der Waals surface area (Å²) in [7, 11) is -3.04. The number of carbonyl (C=O) groups excluding carboxylic acids is 1. The van der Waals surface area contributed by atoms with Gasteiger partial charge >= 0.3 is 0 Å². The minimum atomic E-state index is -3.04. The number of nitrogens with zero attached hydrogens (tertiary/aromatic N) is 2. The molecule has 0 saturated carbocycles. The standard InChI is InChI=1S/C14H15ClN2O3S2/c1-9-2-4-10(5-3-9)17-11-7-22(19,20)8-12(11)21-14(17)16-13(18)6-15/h2-5,11-12H,6-8H2,1H3/t11-,12+/m0/s1. The molecule has 1 aromatic carbocycles.